The molecule has 0 aliphatic rings. The number of fused-ring (bicyclic) bond motifs is 1. The maximum absolute atomic E-state index is 13.4. The van der Waals surface area contributed by atoms with Crippen molar-refractivity contribution in [2.75, 3.05) is 18.7 Å². The Morgan fingerprint density at radius 1 is 1.23 bits per heavy atom. The number of aromatic amines is 1. The zero-order valence-electron chi connectivity index (χ0n) is 18.4. The molecule has 1 aromatic carbocycles. The van der Waals surface area contributed by atoms with Crippen molar-refractivity contribution in [3.05, 3.63) is 73.1 Å². The second-order valence-electron chi connectivity index (χ2n) is 7.32. The molecule has 3 N–H and O–H groups in total. The standard InChI is InChI=1S/C20H21BrN5O8P/c1-12-15(34-20(28)33-12)9-32-35(29,31-8-13-3-2-4-14(21)7-13)11-30-6-5-26-10-23-16-17(26)24-19(22)25-18(16)27/h2-4,7,10H,5-6,8-9,11H2,1H3,(H3,22,24,25,27). The van der Waals surface area contributed by atoms with Gasteiger partial charge in [-0.3, -0.25) is 18.9 Å². The van der Waals surface area contributed by atoms with Crippen LogP contribution >= 0.6 is 23.5 Å². The summed E-state index contributed by atoms with van der Waals surface area (Å²) in [4.78, 5) is 33.7. The molecule has 0 saturated carbocycles. The maximum atomic E-state index is 13.4. The number of imidazole rings is 1. The van der Waals surface area contributed by atoms with E-state index in [0.717, 1.165) is 10.0 Å². The molecule has 0 aliphatic heterocycles. The predicted octanol–water partition coefficient (Wildman–Crippen LogP) is 2.92. The monoisotopic (exact) mass is 569 g/mol. The normalized spacial score (nSPS) is 13.3. The molecule has 35 heavy (non-hydrogen) atoms. The third-order valence-corrected chi connectivity index (χ3v) is 6.80. The topological polar surface area (TPSA) is 178 Å². The molecule has 1 atom stereocenters. The number of nitrogens with one attached hydrogen (secondary N) is 1. The lowest BCUT2D eigenvalue weighted by molar-refractivity contribution is 0.114. The van der Waals surface area contributed by atoms with Crippen molar-refractivity contribution in [3.63, 3.8) is 0 Å². The minimum Gasteiger partial charge on any atom is -0.396 e. The van der Waals surface area contributed by atoms with Crippen molar-refractivity contribution < 1.29 is 27.2 Å². The van der Waals surface area contributed by atoms with Crippen LogP contribution < -0.4 is 17.1 Å². The van der Waals surface area contributed by atoms with Crippen LogP contribution in [0.4, 0.5) is 5.95 Å². The molecule has 3 heterocycles. The fourth-order valence-corrected chi connectivity index (χ4v) is 4.73. The summed E-state index contributed by atoms with van der Waals surface area (Å²) in [7, 11) is -3.80. The Bertz CT molecular complexity index is 1490. The Balaban J connectivity index is 1.41. The second kappa shape index (κ2) is 10.7. The molecule has 0 saturated heterocycles. The molecule has 0 spiro atoms. The number of anilines is 1. The van der Waals surface area contributed by atoms with Gasteiger partial charge in [0.2, 0.25) is 5.95 Å². The number of ether oxygens (including phenoxy) is 1. The summed E-state index contributed by atoms with van der Waals surface area (Å²) >= 11 is 3.38. The van der Waals surface area contributed by atoms with Crippen LogP contribution in [0.2, 0.25) is 0 Å². The lowest BCUT2D eigenvalue weighted by atomic mass is 10.2. The van der Waals surface area contributed by atoms with Crippen molar-refractivity contribution in [2.45, 2.75) is 26.7 Å². The Morgan fingerprint density at radius 3 is 2.77 bits per heavy atom. The first-order valence-corrected chi connectivity index (χ1v) is 12.7. The third kappa shape index (κ3) is 6.35. The first-order chi connectivity index (χ1) is 16.7. The number of H-pyrrole nitrogens is 1. The predicted molar refractivity (Wildman–Crippen MR) is 127 cm³/mol. The van der Waals surface area contributed by atoms with Crippen LogP contribution in [-0.4, -0.2) is 32.5 Å². The van der Waals surface area contributed by atoms with E-state index in [1.807, 2.05) is 18.2 Å². The summed E-state index contributed by atoms with van der Waals surface area (Å²) in [5.41, 5.74) is 6.35. The van der Waals surface area contributed by atoms with Crippen molar-refractivity contribution in [3.8, 4) is 0 Å². The SMILES string of the molecule is Cc1oc(=O)oc1COP(=O)(COCCn1cnc2c(=O)[nH]c(N)nc21)OCc1cccc(Br)c1. The van der Waals surface area contributed by atoms with E-state index in [-0.39, 0.29) is 55.7 Å². The number of nitrogens with zero attached hydrogens (tertiary/aromatic N) is 3. The van der Waals surface area contributed by atoms with Crippen molar-refractivity contribution in [1.29, 1.82) is 0 Å². The van der Waals surface area contributed by atoms with Gasteiger partial charge >= 0.3 is 13.4 Å². The lowest BCUT2D eigenvalue weighted by Gasteiger charge is -2.18. The number of nitrogens with two attached hydrogens (primary N) is 1. The molecule has 4 rings (SSSR count). The highest BCUT2D eigenvalue weighted by Crippen LogP contribution is 2.49. The average molecular weight is 570 g/mol. The molecule has 0 aliphatic carbocycles. The van der Waals surface area contributed by atoms with Crippen LogP contribution in [-0.2, 0) is 38.1 Å². The molecule has 4 aromatic rings. The summed E-state index contributed by atoms with van der Waals surface area (Å²) < 4.78 is 42.2. The molecule has 0 fully saturated rings. The van der Waals surface area contributed by atoms with Crippen molar-refractivity contribution in [1.82, 2.24) is 19.5 Å². The number of aryl methyl sites for hydroxylation is 1. The number of rotatable bonds is 11. The van der Waals surface area contributed by atoms with Gasteiger partial charge in [0.1, 0.15) is 18.7 Å². The fourth-order valence-electron chi connectivity index (χ4n) is 3.05. The van der Waals surface area contributed by atoms with E-state index in [2.05, 4.69) is 30.9 Å². The van der Waals surface area contributed by atoms with E-state index in [9.17, 15) is 14.2 Å². The Morgan fingerprint density at radius 2 is 2.03 bits per heavy atom. The van der Waals surface area contributed by atoms with Gasteiger partial charge in [-0.2, -0.15) is 4.98 Å². The molecule has 3 aromatic heterocycles. The molecule has 186 valence electrons. The Labute approximate surface area is 205 Å². The number of nitrogen functional groups attached to an aromatic ring is 1. The summed E-state index contributed by atoms with van der Waals surface area (Å²) in [6.45, 7) is 1.52. The lowest BCUT2D eigenvalue weighted by Crippen LogP contribution is -2.13. The summed E-state index contributed by atoms with van der Waals surface area (Å²) in [6, 6.07) is 7.28. The van der Waals surface area contributed by atoms with E-state index in [0.29, 0.717) is 5.65 Å². The van der Waals surface area contributed by atoms with Gasteiger partial charge < -0.3 is 28.4 Å². The highest BCUT2D eigenvalue weighted by atomic mass is 79.9. The molecular weight excluding hydrogens is 549 g/mol. The van der Waals surface area contributed by atoms with Gasteiger partial charge in [-0.05, 0) is 24.6 Å². The van der Waals surface area contributed by atoms with Gasteiger partial charge in [0, 0.05) is 11.0 Å². The molecule has 1 unspecified atom stereocenters. The third-order valence-electron chi connectivity index (χ3n) is 4.76. The zero-order valence-corrected chi connectivity index (χ0v) is 20.9. The number of hydrogen-bond acceptors (Lipinski definition) is 11. The fraction of sp³-hybridized carbons (Fsp3) is 0.300. The quantitative estimate of drug-likeness (QED) is 0.200. The van der Waals surface area contributed by atoms with Crippen LogP contribution in [0.25, 0.3) is 11.2 Å². The summed E-state index contributed by atoms with van der Waals surface area (Å²) in [5, 5.41) is 0. The van der Waals surface area contributed by atoms with Crippen LogP contribution in [0.5, 0.6) is 0 Å². The molecule has 13 nitrogen and oxygen atoms in total. The first-order valence-electron chi connectivity index (χ1n) is 10.2. The van der Waals surface area contributed by atoms with Gasteiger partial charge in [0.15, 0.2) is 16.9 Å². The minimum atomic E-state index is -3.80. The maximum Gasteiger partial charge on any atom is 0.519 e. The molecular formula is C20H21BrN5O8P. The average Bonchev–Trinajstić information content (AvgIpc) is 3.36. The van der Waals surface area contributed by atoms with Gasteiger partial charge in [-0.25, -0.2) is 9.78 Å². The van der Waals surface area contributed by atoms with Crippen LogP contribution in [0, 0.1) is 6.92 Å². The molecule has 15 heteroatoms. The highest BCUT2D eigenvalue weighted by Gasteiger charge is 2.27. The van der Waals surface area contributed by atoms with E-state index >= 15 is 0 Å². The van der Waals surface area contributed by atoms with Gasteiger partial charge in [-0.1, -0.05) is 28.1 Å². The highest BCUT2D eigenvalue weighted by molar-refractivity contribution is 9.10. The summed E-state index contributed by atoms with van der Waals surface area (Å²) in [6.07, 6.45) is 1.05. The van der Waals surface area contributed by atoms with E-state index in [4.69, 9.17) is 28.4 Å². The van der Waals surface area contributed by atoms with Crippen molar-refractivity contribution in [2.24, 2.45) is 0 Å². The van der Waals surface area contributed by atoms with Gasteiger partial charge in [-0.15, -0.1) is 0 Å². The van der Waals surface area contributed by atoms with Crippen LogP contribution in [0.1, 0.15) is 17.1 Å². The number of halogens is 1. The number of hydrogen-bond donors (Lipinski definition) is 2. The first kappa shape index (κ1) is 25.1. The van der Waals surface area contributed by atoms with Gasteiger partial charge in [0.25, 0.3) is 5.56 Å². The Hall–Kier alpha value is -3.03. The molecule has 0 bridgehead atoms. The zero-order chi connectivity index (χ0) is 25.0. The second-order valence-corrected chi connectivity index (χ2v) is 10.2. The van der Waals surface area contributed by atoms with Gasteiger partial charge in [0.05, 0.1) is 19.5 Å². The summed E-state index contributed by atoms with van der Waals surface area (Å²) in [5.74, 6) is -0.614. The minimum absolute atomic E-state index is 0.00741. The smallest absolute Gasteiger partial charge is 0.396 e. The van der Waals surface area contributed by atoms with Crippen LogP contribution in [0.15, 0.2) is 53.5 Å². The van der Waals surface area contributed by atoms with Crippen LogP contribution in [0.3, 0.4) is 0 Å². The number of benzene rings is 1. The van der Waals surface area contributed by atoms with E-state index in [1.54, 1.807) is 10.6 Å². The van der Waals surface area contributed by atoms with Crippen molar-refractivity contribution >= 4 is 40.6 Å². The molecule has 0 radical (unpaired) electrons. The molecule has 0 amide bonds. The largest absolute Gasteiger partial charge is 0.519 e. The number of aromatic nitrogens is 4. The van der Waals surface area contributed by atoms with E-state index in [1.165, 1.54) is 13.3 Å². The Kier molecular flexibility index (Phi) is 7.67. The van der Waals surface area contributed by atoms with E-state index < -0.39 is 19.0 Å².